The molecule has 0 amide bonds. The van der Waals surface area contributed by atoms with Crippen LogP contribution in [0.5, 0.6) is 5.75 Å². The Morgan fingerprint density at radius 3 is 2.85 bits per heavy atom. The fourth-order valence-corrected chi connectivity index (χ4v) is 3.02. The van der Waals surface area contributed by atoms with E-state index in [-0.39, 0.29) is 0 Å². The molecule has 1 unspecified atom stereocenters. The second-order valence-electron chi connectivity index (χ2n) is 5.29. The number of rotatable bonds is 3. The van der Waals surface area contributed by atoms with Crippen LogP contribution in [-0.4, -0.2) is 7.11 Å². The smallest absolute Gasteiger partial charge is 0.139 e. The average molecular weight is 288 g/mol. The molecule has 1 aliphatic carbocycles. The first-order valence-corrected chi connectivity index (χ1v) is 7.24. The molecular formula is C17H18ClNO. The standard InChI is InChI=1S/C17H18ClNO/c1-11-3-4-12-5-8-16(14(12)9-11)19-13-6-7-15(18)17(10-13)20-2/h3-4,6-7,9-10,16,19H,5,8H2,1-2H3. The highest BCUT2D eigenvalue weighted by Gasteiger charge is 2.22. The molecule has 3 rings (SSSR count). The molecule has 104 valence electrons. The summed E-state index contributed by atoms with van der Waals surface area (Å²) >= 11 is 6.06. The summed E-state index contributed by atoms with van der Waals surface area (Å²) in [7, 11) is 1.64. The third-order valence-corrected chi connectivity index (χ3v) is 4.18. The Morgan fingerprint density at radius 2 is 2.05 bits per heavy atom. The van der Waals surface area contributed by atoms with E-state index < -0.39 is 0 Å². The van der Waals surface area contributed by atoms with Crippen molar-refractivity contribution in [1.82, 2.24) is 0 Å². The summed E-state index contributed by atoms with van der Waals surface area (Å²) in [4.78, 5) is 0. The van der Waals surface area contributed by atoms with Crippen LogP contribution in [0.2, 0.25) is 5.02 Å². The molecule has 20 heavy (non-hydrogen) atoms. The van der Waals surface area contributed by atoms with Gasteiger partial charge in [-0.2, -0.15) is 0 Å². The number of hydrogen-bond donors (Lipinski definition) is 1. The molecule has 0 radical (unpaired) electrons. The second kappa shape index (κ2) is 5.37. The molecule has 2 nitrogen and oxygen atoms in total. The lowest BCUT2D eigenvalue weighted by Gasteiger charge is -2.17. The van der Waals surface area contributed by atoms with Crippen LogP contribution in [0.3, 0.4) is 0 Å². The molecule has 1 N–H and O–H groups in total. The number of benzene rings is 2. The predicted molar refractivity (Wildman–Crippen MR) is 83.9 cm³/mol. The fraction of sp³-hybridized carbons (Fsp3) is 0.294. The van der Waals surface area contributed by atoms with Crippen LogP contribution in [0.4, 0.5) is 5.69 Å². The number of methoxy groups -OCH3 is 1. The molecule has 0 saturated carbocycles. The van der Waals surface area contributed by atoms with Crippen LogP contribution in [0.25, 0.3) is 0 Å². The molecule has 0 spiro atoms. The Balaban J connectivity index is 1.85. The van der Waals surface area contributed by atoms with Gasteiger partial charge in [-0.05, 0) is 43.0 Å². The number of aryl methyl sites for hydroxylation is 2. The lowest BCUT2D eigenvalue weighted by atomic mass is 10.0. The summed E-state index contributed by atoms with van der Waals surface area (Å²) < 4.78 is 5.27. The second-order valence-corrected chi connectivity index (χ2v) is 5.69. The Hall–Kier alpha value is -1.67. The quantitative estimate of drug-likeness (QED) is 0.879. The van der Waals surface area contributed by atoms with Crippen molar-refractivity contribution in [3.63, 3.8) is 0 Å². The summed E-state index contributed by atoms with van der Waals surface area (Å²) in [6.07, 6.45) is 2.27. The van der Waals surface area contributed by atoms with Crippen molar-refractivity contribution in [3.05, 3.63) is 58.1 Å². The lowest BCUT2D eigenvalue weighted by molar-refractivity contribution is 0.415. The van der Waals surface area contributed by atoms with E-state index in [1.54, 1.807) is 7.11 Å². The van der Waals surface area contributed by atoms with Gasteiger partial charge in [0.05, 0.1) is 18.2 Å². The Bertz CT molecular complexity index is 639. The SMILES string of the molecule is COc1cc(NC2CCc3ccc(C)cc32)ccc1Cl. The van der Waals surface area contributed by atoms with E-state index in [0.29, 0.717) is 16.8 Å². The third-order valence-electron chi connectivity index (χ3n) is 3.87. The molecule has 1 atom stereocenters. The zero-order valence-electron chi connectivity index (χ0n) is 11.7. The molecule has 0 aliphatic heterocycles. The zero-order chi connectivity index (χ0) is 14.1. The summed E-state index contributed by atoms with van der Waals surface area (Å²) in [5.41, 5.74) is 5.23. The van der Waals surface area contributed by atoms with Crippen molar-refractivity contribution in [2.45, 2.75) is 25.8 Å². The van der Waals surface area contributed by atoms with Gasteiger partial charge in [0.1, 0.15) is 5.75 Å². The molecule has 2 aromatic carbocycles. The van der Waals surface area contributed by atoms with Gasteiger partial charge in [-0.1, -0.05) is 35.4 Å². The van der Waals surface area contributed by atoms with Gasteiger partial charge in [0.25, 0.3) is 0 Å². The number of hydrogen-bond acceptors (Lipinski definition) is 2. The van der Waals surface area contributed by atoms with Gasteiger partial charge >= 0.3 is 0 Å². The molecular weight excluding hydrogens is 270 g/mol. The minimum Gasteiger partial charge on any atom is -0.495 e. The number of ether oxygens (including phenoxy) is 1. The van der Waals surface area contributed by atoms with Crippen molar-refractivity contribution in [1.29, 1.82) is 0 Å². The van der Waals surface area contributed by atoms with Crippen molar-refractivity contribution in [2.24, 2.45) is 0 Å². The first-order chi connectivity index (χ1) is 9.67. The van der Waals surface area contributed by atoms with Gasteiger partial charge in [-0.15, -0.1) is 0 Å². The Kier molecular flexibility index (Phi) is 3.58. The lowest BCUT2D eigenvalue weighted by Crippen LogP contribution is -2.07. The number of fused-ring (bicyclic) bond motifs is 1. The van der Waals surface area contributed by atoms with Crippen LogP contribution in [0.1, 0.15) is 29.2 Å². The van der Waals surface area contributed by atoms with Crippen LogP contribution in [-0.2, 0) is 6.42 Å². The summed E-state index contributed by atoms with van der Waals surface area (Å²) in [6, 6.07) is 12.9. The molecule has 2 aromatic rings. The normalized spacial score (nSPS) is 16.9. The monoisotopic (exact) mass is 287 g/mol. The van der Waals surface area contributed by atoms with E-state index in [1.165, 1.54) is 16.7 Å². The maximum atomic E-state index is 6.06. The molecule has 0 bridgehead atoms. The van der Waals surface area contributed by atoms with Crippen molar-refractivity contribution < 1.29 is 4.74 Å². The molecule has 0 fully saturated rings. The van der Waals surface area contributed by atoms with Gasteiger partial charge in [-0.3, -0.25) is 0 Å². The largest absolute Gasteiger partial charge is 0.495 e. The van der Waals surface area contributed by atoms with E-state index in [9.17, 15) is 0 Å². The maximum Gasteiger partial charge on any atom is 0.139 e. The number of halogens is 1. The predicted octanol–water partition coefficient (Wildman–Crippen LogP) is 4.76. The van der Waals surface area contributed by atoms with E-state index in [2.05, 4.69) is 30.4 Å². The number of nitrogens with one attached hydrogen (secondary N) is 1. The van der Waals surface area contributed by atoms with E-state index in [0.717, 1.165) is 18.5 Å². The van der Waals surface area contributed by atoms with Crippen LogP contribution < -0.4 is 10.1 Å². The Morgan fingerprint density at radius 1 is 1.20 bits per heavy atom. The summed E-state index contributed by atoms with van der Waals surface area (Å²) in [6.45, 7) is 2.14. The molecule has 0 heterocycles. The van der Waals surface area contributed by atoms with Crippen LogP contribution in [0, 0.1) is 6.92 Å². The first kappa shape index (κ1) is 13.3. The van der Waals surface area contributed by atoms with Crippen molar-refractivity contribution in [3.8, 4) is 5.75 Å². The van der Waals surface area contributed by atoms with Gasteiger partial charge in [0.15, 0.2) is 0 Å². The maximum absolute atomic E-state index is 6.06. The molecule has 3 heteroatoms. The van der Waals surface area contributed by atoms with E-state index in [4.69, 9.17) is 16.3 Å². The van der Waals surface area contributed by atoms with Crippen molar-refractivity contribution >= 4 is 17.3 Å². The van der Waals surface area contributed by atoms with E-state index >= 15 is 0 Å². The highest BCUT2D eigenvalue weighted by atomic mass is 35.5. The molecule has 1 aliphatic rings. The average Bonchev–Trinajstić information content (AvgIpc) is 2.83. The fourth-order valence-electron chi connectivity index (χ4n) is 2.82. The summed E-state index contributed by atoms with van der Waals surface area (Å²) in [5, 5.41) is 4.23. The van der Waals surface area contributed by atoms with Gasteiger partial charge in [-0.25, -0.2) is 0 Å². The Labute approximate surface area is 124 Å². The van der Waals surface area contributed by atoms with Crippen LogP contribution >= 0.6 is 11.6 Å². The zero-order valence-corrected chi connectivity index (χ0v) is 12.5. The van der Waals surface area contributed by atoms with Gasteiger partial charge in [0, 0.05) is 11.8 Å². The van der Waals surface area contributed by atoms with E-state index in [1.807, 2.05) is 18.2 Å². The van der Waals surface area contributed by atoms with Gasteiger partial charge in [0.2, 0.25) is 0 Å². The van der Waals surface area contributed by atoms with Crippen molar-refractivity contribution in [2.75, 3.05) is 12.4 Å². The highest BCUT2D eigenvalue weighted by molar-refractivity contribution is 6.32. The van der Waals surface area contributed by atoms with Crippen LogP contribution in [0.15, 0.2) is 36.4 Å². The molecule has 0 aromatic heterocycles. The minimum absolute atomic E-state index is 0.371. The minimum atomic E-state index is 0.371. The summed E-state index contributed by atoms with van der Waals surface area (Å²) in [5.74, 6) is 0.708. The number of anilines is 1. The molecule has 0 saturated heterocycles. The topological polar surface area (TPSA) is 21.3 Å². The highest BCUT2D eigenvalue weighted by Crippen LogP contribution is 2.36. The van der Waals surface area contributed by atoms with Gasteiger partial charge < -0.3 is 10.1 Å². The first-order valence-electron chi connectivity index (χ1n) is 6.87. The third kappa shape index (κ3) is 2.48.